The van der Waals surface area contributed by atoms with Crippen LogP contribution in [0.3, 0.4) is 0 Å². The second-order valence-corrected chi connectivity index (χ2v) is 10.1. The molecular formula is C32H29N3O10. The number of phenols is 1. The number of amides is 3. The molecule has 1 aromatic heterocycles. The molecule has 0 unspecified atom stereocenters. The Morgan fingerprint density at radius 1 is 0.689 bits per heavy atom. The van der Waals surface area contributed by atoms with Gasteiger partial charge >= 0.3 is 17.6 Å². The normalized spacial score (nSPS) is 12.8. The van der Waals surface area contributed by atoms with Crippen LogP contribution in [0.25, 0.3) is 11.0 Å². The minimum Gasteiger partial charge on any atom is -0.508 e. The largest absolute Gasteiger partial charge is 0.508 e. The molecule has 1 heterocycles. The van der Waals surface area contributed by atoms with E-state index in [1.807, 2.05) is 0 Å². The minimum atomic E-state index is -1.76. The summed E-state index contributed by atoms with van der Waals surface area (Å²) in [6.45, 7) is 0. The molecule has 3 amide bonds. The molecule has 0 aliphatic rings. The van der Waals surface area contributed by atoms with Crippen molar-refractivity contribution in [3.8, 4) is 5.75 Å². The Labute approximate surface area is 255 Å². The lowest BCUT2D eigenvalue weighted by Gasteiger charge is -2.24. The summed E-state index contributed by atoms with van der Waals surface area (Å²) in [6, 6.07) is 17.9. The molecule has 0 radical (unpaired) electrons. The number of carboxylic acids is 2. The molecule has 3 atom stereocenters. The third-order valence-electron chi connectivity index (χ3n) is 6.78. The van der Waals surface area contributed by atoms with Crippen LogP contribution >= 0.6 is 0 Å². The van der Waals surface area contributed by atoms with Gasteiger partial charge in [0.05, 0.1) is 6.42 Å². The molecule has 0 saturated heterocycles. The van der Waals surface area contributed by atoms with E-state index < -0.39 is 65.4 Å². The summed E-state index contributed by atoms with van der Waals surface area (Å²) in [5.74, 6) is -5.89. The fraction of sp³-hybridized carbons (Fsp3) is 0.188. The zero-order valence-electron chi connectivity index (χ0n) is 23.6. The highest BCUT2D eigenvalue weighted by molar-refractivity contribution is 6.00. The fourth-order valence-corrected chi connectivity index (χ4v) is 4.53. The van der Waals surface area contributed by atoms with Gasteiger partial charge in [0.1, 0.15) is 35.0 Å². The fourth-order valence-electron chi connectivity index (χ4n) is 4.53. The maximum absolute atomic E-state index is 13.7. The van der Waals surface area contributed by atoms with Crippen LogP contribution in [0.4, 0.5) is 0 Å². The Hall–Kier alpha value is -5.98. The number of aromatic hydroxyl groups is 1. The van der Waals surface area contributed by atoms with E-state index in [1.54, 1.807) is 60.7 Å². The molecule has 13 nitrogen and oxygen atoms in total. The van der Waals surface area contributed by atoms with Gasteiger partial charge in [0, 0.05) is 24.3 Å². The maximum Gasteiger partial charge on any atom is 0.349 e. The number of benzene rings is 3. The Balaban J connectivity index is 1.62. The van der Waals surface area contributed by atoms with Crippen molar-refractivity contribution < 1.29 is 43.7 Å². The van der Waals surface area contributed by atoms with Gasteiger partial charge in [0.15, 0.2) is 0 Å². The van der Waals surface area contributed by atoms with E-state index in [-0.39, 0.29) is 24.2 Å². The summed E-state index contributed by atoms with van der Waals surface area (Å²) in [4.78, 5) is 75.7. The third-order valence-corrected chi connectivity index (χ3v) is 6.78. The Morgan fingerprint density at radius 3 is 1.76 bits per heavy atom. The van der Waals surface area contributed by atoms with Gasteiger partial charge in [0.2, 0.25) is 11.8 Å². The second-order valence-electron chi connectivity index (χ2n) is 10.1. The molecule has 0 spiro atoms. The summed E-state index contributed by atoms with van der Waals surface area (Å²) in [5.41, 5.74) is -0.131. The summed E-state index contributed by atoms with van der Waals surface area (Å²) < 4.78 is 5.18. The highest BCUT2D eigenvalue weighted by atomic mass is 16.4. The zero-order chi connectivity index (χ0) is 32.5. The molecule has 0 fully saturated rings. The van der Waals surface area contributed by atoms with Gasteiger partial charge in [-0.3, -0.25) is 19.2 Å². The molecule has 232 valence electrons. The van der Waals surface area contributed by atoms with Gasteiger partial charge < -0.3 is 35.7 Å². The van der Waals surface area contributed by atoms with E-state index in [9.17, 15) is 39.0 Å². The van der Waals surface area contributed by atoms with Crippen LogP contribution in [0.1, 0.15) is 27.9 Å². The first kappa shape index (κ1) is 31.9. The molecule has 13 heteroatoms. The van der Waals surface area contributed by atoms with Crippen molar-refractivity contribution in [3.05, 3.63) is 112 Å². The van der Waals surface area contributed by atoms with Crippen molar-refractivity contribution in [2.24, 2.45) is 0 Å². The lowest BCUT2D eigenvalue weighted by atomic mass is 10.0. The highest BCUT2D eigenvalue weighted by Gasteiger charge is 2.31. The van der Waals surface area contributed by atoms with Crippen molar-refractivity contribution in [2.75, 3.05) is 0 Å². The number of carbonyl (C=O) groups is 5. The number of hydrogen-bond donors (Lipinski definition) is 6. The van der Waals surface area contributed by atoms with Gasteiger partial charge in [-0.25, -0.2) is 9.59 Å². The Kier molecular flexibility index (Phi) is 10.3. The van der Waals surface area contributed by atoms with Gasteiger partial charge in [-0.1, -0.05) is 60.7 Å². The first-order valence-electron chi connectivity index (χ1n) is 13.7. The molecule has 6 N–H and O–H groups in total. The molecule has 4 rings (SSSR count). The summed E-state index contributed by atoms with van der Waals surface area (Å²) in [5, 5.41) is 35.8. The van der Waals surface area contributed by atoms with Gasteiger partial charge in [0.25, 0.3) is 5.91 Å². The highest BCUT2D eigenvalue weighted by Crippen LogP contribution is 2.19. The van der Waals surface area contributed by atoms with Crippen molar-refractivity contribution >= 4 is 40.6 Å². The molecule has 3 aromatic carbocycles. The molecule has 0 saturated carbocycles. The van der Waals surface area contributed by atoms with Crippen molar-refractivity contribution in [1.82, 2.24) is 16.0 Å². The number of nitrogens with one attached hydrogen (secondary N) is 3. The van der Waals surface area contributed by atoms with E-state index >= 15 is 0 Å². The van der Waals surface area contributed by atoms with Gasteiger partial charge in [-0.15, -0.1) is 0 Å². The number of carboxylic acid groups (broad SMARTS) is 2. The number of hydrogen-bond acceptors (Lipinski definition) is 8. The second kappa shape index (κ2) is 14.5. The summed E-state index contributed by atoms with van der Waals surface area (Å²) in [6.07, 6.45) is -1.04. The lowest BCUT2D eigenvalue weighted by Crippen LogP contribution is -2.57. The number of rotatable bonds is 13. The van der Waals surface area contributed by atoms with Crippen molar-refractivity contribution in [1.29, 1.82) is 0 Å². The van der Waals surface area contributed by atoms with Crippen LogP contribution in [0.15, 0.2) is 94.1 Å². The predicted molar refractivity (Wildman–Crippen MR) is 159 cm³/mol. The van der Waals surface area contributed by atoms with Gasteiger partial charge in [-0.2, -0.15) is 0 Å². The third kappa shape index (κ3) is 8.76. The molecule has 0 aliphatic heterocycles. The average molecular weight is 616 g/mol. The molecule has 0 bridgehead atoms. The number of fused-ring (bicyclic) bond motifs is 1. The molecule has 4 aromatic rings. The average Bonchev–Trinajstić information content (AvgIpc) is 3.00. The van der Waals surface area contributed by atoms with Gasteiger partial charge in [-0.05, 0) is 29.3 Å². The summed E-state index contributed by atoms with van der Waals surface area (Å²) in [7, 11) is 0. The Morgan fingerprint density at radius 2 is 1.22 bits per heavy atom. The monoisotopic (exact) mass is 615 g/mol. The van der Waals surface area contributed by atoms with E-state index in [0.29, 0.717) is 16.5 Å². The summed E-state index contributed by atoms with van der Waals surface area (Å²) >= 11 is 0. The minimum absolute atomic E-state index is 0.0486. The van der Waals surface area contributed by atoms with E-state index in [1.165, 1.54) is 24.3 Å². The lowest BCUT2D eigenvalue weighted by molar-refractivity contribution is -0.147. The predicted octanol–water partition coefficient (Wildman–Crippen LogP) is 1.61. The van der Waals surface area contributed by atoms with Crippen LogP contribution in [0.5, 0.6) is 5.75 Å². The smallest absolute Gasteiger partial charge is 0.349 e. The maximum atomic E-state index is 13.7. The zero-order valence-corrected chi connectivity index (χ0v) is 23.6. The van der Waals surface area contributed by atoms with Crippen LogP contribution in [-0.4, -0.2) is 63.1 Å². The number of aliphatic carboxylic acids is 2. The van der Waals surface area contributed by atoms with Crippen molar-refractivity contribution in [2.45, 2.75) is 37.4 Å². The molecular weight excluding hydrogens is 586 g/mol. The molecule has 45 heavy (non-hydrogen) atoms. The van der Waals surface area contributed by atoms with E-state index in [2.05, 4.69) is 16.0 Å². The first-order chi connectivity index (χ1) is 21.5. The standard InChI is InChI=1S/C32H29N3O10/c36-21-12-11-20-15-22(32(44)45-26(20)16-21)28(39)33-23(13-18-7-3-1-4-8-18)29(40)34-24(14-19-9-5-2-6-10-19)30(41)35-25(31(42)43)17-27(37)38/h1-12,15-16,23-25,36H,13-14,17H2,(H,33,39)(H,34,40)(H,35,41)(H,37,38)(H,42,43)/t23-,24-,25-/m0/s1. The SMILES string of the molecule is O=C(O)C[C@H](NC(=O)[C@H](Cc1ccccc1)NC(=O)[C@H](Cc1ccccc1)NC(=O)c1cc2ccc(O)cc2oc1=O)C(=O)O. The van der Waals surface area contributed by atoms with Crippen LogP contribution in [0.2, 0.25) is 0 Å². The van der Waals surface area contributed by atoms with E-state index in [4.69, 9.17) is 9.52 Å². The molecule has 0 aliphatic carbocycles. The number of phenolic OH excluding ortho intramolecular Hbond substituents is 1. The van der Waals surface area contributed by atoms with Crippen molar-refractivity contribution in [3.63, 3.8) is 0 Å². The van der Waals surface area contributed by atoms with E-state index in [0.717, 1.165) is 0 Å². The van der Waals surface area contributed by atoms with Crippen LogP contribution < -0.4 is 21.6 Å². The quantitative estimate of drug-likeness (QED) is 0.120. The first-order valence-corrected chi connectivity index (χ1v) is 13.7. The number of carbonyl (C=O) groups excluding carboxylic acids is 3. The van der Waals surface area contributed by atoms with Crippen LogP contribution in [0, 0.1) is 0 Å². The topological polar surface area (TPSA) is 212 Å². The van der Waals surface area contributed by atoms with Crippen LogP contribution in [-0.2, 0) is 32.0 Å². The Bertz CT molecular complexity index is 1770.